The predicted molar refractivity (Wildman–Crippen MR) is 139 cm³/mol. The van der Waals surface area contributed by atoms with E-state index in [0.717, 1.165) is 39.9 Å². The number of amides is 1. The van der Waals surface area contributed by atoms with Gasteiger partial charge in [-0.2, -0.15) is 0 Å². The molecule has 0 spiro atoms. The molecular weight excluding hydrogens is 498 g/mol. The predicted octanol–water partition coefficient (Wildman–Crippen LogP) is 2.12. The van der Waals surface area contributed by atoms with Crippen molar-refractivity contribution in [3.63, 3.8) is 0 Å². The quantitative estimate of drug-likeness (QED) is 0.139. The van der Waals surface area contributed by atoms with Crippen molar-refractivity contribution in [1.82, 2.24) is 5.32 Å². The number of carbonyl (C=O) groups is 3. The summed E-state index contributed by atoms with van der Waals surface area (Å²) >= 11 is 0. The first-order chi connectivity index (χ1) is 18.2. The van der Waals surface area contributed by atoms with Crippen LogP contribution in [0.3, 0.4) is 0 Å². The molecule has 1 saturated heterocycles. The van der Waals surface area contributed by atoms with Gasteiger partial charge in [0.1, 0.15) is 24.7 Å². The van der Waals surface area contributed by atoms with Gasteiger partial charge >= 0.3 is 11.9 Å². The van der Waals surface area contributed by atoms with E-state index in [4.69, 9.17) is 18.9 Å². The van der Waals surface area contributed by atoms with Crippen molar-refractivity contribution in [2.45, 2.75) is 127 Å². The average Bonchev–Trinajstić information content (AvgIpc) is 2.91. The van der Waals surface area contributed by atoms with Crippen molar-refractivity contribution in [3.8, 4) is 0 Å². The van der Waals surface area contributed by atoms with Gasteiger partial charge in [-0.25, -0.2) is 4.79 Å². The van der Waals surface area contributed by atoms with E-state index in [1.807, 2.05) is 0 Å². The van der Waals surface area contributed by atoms with E-state index >= 15 is 0 Å². The van der Waals surface area contributed by atoms with E-state index < -0.39 is 60.5 Å². The van der Waals surface area contributed by atoms with Gasteiger partial charge in [0.2, 0.25) is 17.2 Å². The van der Waals surface area contributed by atoms with Gasteiger partial charge in [0.05, 0.1) is 20.8 Å². The van der Waals surface area contributed by atoms with Crippen LogP contribution in [0.4, 0.5) is 0 Å². The van der Waals surface area contributed by atoms with Crippen LogP contribution in [0.2, 0.25) is 0 Å². The van der Waals surface area contributed by atoms with Gasteiger partial charge in [-0.15, -0.1) is 0 Å². The molecule has 0 radical (unpaired) electrons. The van der Waals surface area contributed by atoms with Gasteiger partial charge in [-0.05, 0) is 13.3 Å². The summed E-state index contributed by atoms with van der Waals surface area (Å²) in [5.41, 5.74) is -2.51. The molecule has 11 heteroatoms. The van der Waals surface area contributed by atoms with Gasteiger partial charge < -0.3 is 39.6 Å². The number of unbranched alkanes of at least 4 members (excludes halogenated alkanes) is 10. The van der Waals surface area contributed by atoms with Crippen LogP contribution in [-0.2, 0) is 33.3 Å². The van der Waals surface area contributed by atoms with Crippen LogP contribution in [0.1, 0.15) is 97.3 Å². The first-order valence-electron chi connectivity index (χ1n) is 13.9. The van der Waals surface area contributed by atoms with E-state index in [-0.39, 0.29) is 13.0 Å². The Hall–Kier alpha value is -1.79. The highest BCUT2D eigenvalue weighted by Gasteiger charge is 2.71. The second kappa shape index (κ2) is 17.7. The maximum absolute atomic E-state index is 13.2. The fraction of sp³-hybridized carbons (Fsp3) is 0.889. The average molecular weight is 548 g/mol. The molecule has 0 aromatic carbocycles. The molecule has 1 aliphatic rings. The minimum absolute atomic E-state index is 0.0302. The van der Waals surface area contributed by atoms with Crippen LogP contribution in [0.15, 0.2) is 0 Å². The lowest BCUT2D eigenvalue weighted by molar-refractivity contribution is -0.357. The van der Waals surface area contributed by atoms with Gasteiger partial charge in [-0.1, -0.05) is 71.1 Å². The SMILES string of the molecule is CCCCCCCCCCCCCC(=O)N[C@]1(C(=O)OC)[C@@H](O)[C@H](O)[C@@H](CO)O[C@@]1(CC(=O)OC)OCC. The van der Waals surface area contributed by atoms with Crippen LogP contribution in [0, 0.1) is 0 Å². The number of nitrogens with one attached hydrogen (secondary N) is 1. The van der Waals surface area contributed by atoms with E-state index in [9.17, 15) is 29.7 Å². The molecule has 0 bridgehead atoms. The van der Waals surface area contributed by atoms with Gasteiger partial charge in [0.25, 0.3) is 0 Å². The first-order valence-corrected chi connectivity index (χ1v) is 13.9. The van der Waals surface area contributed by atoms with Gasteiger partial charge in [-0.3, -0.25) is 9.59 Å². The van der Waals surface area contributed by atoms with Gasteiger partial charge in [0.15, 0.2) is 0 Å². The minimum Gasteiger partial charge on any atom is -0.469 e. The molecule has 0 saturated carbocycles. The molecule has 0 aromatic rings. The summed E-state index contributed by atoms with van der Waals surface area (Å²) in [7, 11) is 2.15. The van der Waals surface area contributed by atoms with E-state index in [1.165, 1.54) is 38.5 Å². The van der Waals surface area contributed by atoms with Crippen molar-refractivity contribution in [2.24, 2.45) is 0 Å². The van der Waals surface area contributed by atoms with Crippen molar-refractivity contribution in [2.75, 3.05) is 27.4 Å². The molecule has 0 aliphatic carbocycles. The van der Waals surface area contributed by atoms with Crippen LogP contribution >= 0.6 is 0 Å². The molecule has 1 heterocycles. The number of ether oxygens (including phenoxy) is 4. The third-order valence-electron chi connectivity index (χ3n) is 7.10. The monoisotopic (exact) mass is 547 g/mol. The zero-order valence-electron chi connectivity index (χ0n) is 23.5. The van der Waals surface area contributed by atoms with E-state index in [0.29, 0.717) is 6.42 Å². The third-order valence-corrected chi connectivity index (χ3v) is 7.10. The zero-order valence-corrected chi connectivity index (χ0v) is 23.5. The Bertz CT molecular complexity index is 720. The highest BCUT2D eigenvalue weighted by atomic mass is 16.7. The zero-order chi connectivity index (χ0) is 28.6. The number of carbonyl (C=O) groups excluding carboxylic acids is 3. The highest BCUT2D eigenvalue weighted by molar-refractivity contribution is 5.91. The lowest BCUT2D eigenvalue weighted by Crippen LogP contribution is -2.83. The second-order valence-electron chi connectivity index (χ2n) is 9.85. The lowest BCUT2D eigenvalue weighted by atomic mass is 9.74. The number of methoxy groups -OCH3 is 2. The Kier molecular flexibility index (Phi) is 16.0. The fourth-order valence-corrected chi connectivity index (χ4v) is 5.00. The summed E-state index contributed by atoms with van der Waals surface area (Å²) in [4.78, 5) is 38.6. The van der Waals surface area contributed by atoms with Crippen molar-refractivity contribution in [1.29, 1.82) is 0 Å². The van der Waals surface area contributed by atoms with Crippen LogP contribution in [-0.4, -0.2) is 90.2 Å². The summed E-state index contributed by atoms with van der Waals surface area (Å²) in [5.74, 6) is -4.98. The maximum Gasteiger partial charge on any atom is 0.340 e. The Morgan fingerprint density at radius 2 is 1.42 bits per heavy atom. The van der Waals surface area contributed by atoms with Crippen LogP contribution in [0.5, 0.6) is 0 Å². The third kappa shape index (κ3) is 8.87. The Morgan fingerprint density at radius 3 is 1.89 bits per heavy atom. The summed E-state index contributed by atoms with van der Waals surface area (Å²) in [5, 5.41) is 34.0. The number of aliphatic hydroxyl groups excluding tert-OH is 3. The molecule has 38 heavy (non-hydrogen) atoms. The number of aliphatic hydroxyl groups is 3. The molecule has 1 rings (SSSR count). The summed E-state index contributed by atoms with van der Waals surface area (Å²) in [6.45, 7) is 2.90. The Labute approximate surface area is 226 Å². The topological polar surface area (TPSA) is 161 Å². The maximum atomic E-state index is 13.2. The molecule has 1 aliphatic heterocycles. The summed E-state index contributed by atoms with van der Waals surface area (Å²) in [6.07, 6.45) is 6.16. The summed E-state index contributed by atoms with van der Waals surface area (Å²) in [6, 6.07) is 0. The Morgan fingerprint density at radius 1 is 0.868 bits per heavy atom. The smallest absolute Gasteiger partial charge is 0.340 e. The van der Waals surface area contributed by atoms with Crippen molar-refractivity contribution >= 4 is 17.8 Å². The minimum atomic E-state index is -2.51. The van der Waals surface area contributed by atoms with Crippen LogP contribution in [0.25, 0.3) is 0 Å². The van der Waals surface area contributed by atoms with E-state index in [2.05, 4.69) is 12.2 Å². The number of hydrogen-bond acceptors (Lipinski definition) is 10. The van der Waals surface area contributed by atoms with Crippen molar-refractivity contribution in [3.05, 3.63) is 0 Å². The molecule has 11 nitrogen and oxygen atoms in total. The van der Waals surface area contributed by atoms with E-state index in [1.54, 1.807) is 6.92 Å². The number of hydrogen-bond donors (Lipinski definition) is 4. The van der Waals surface area contributed by atoms with Crippen molar-refractivity contribution < 1.29 is 48.7 Å². The molecule has 1 fully saturated rings. The first kappa shape index (κ1) is 34.2. The lowest BCUT2D eigenvalue weighted by Gasteiger charge is -2.55. The molecule has 222 valence electrons. The molecule has 0 aromatic heterocycles. The normalized spacial score (nSPS) is 27.1. The van der Waals surface area contributed by atoms with Gasteiger partial charge in [0, 0.05) is 13.0 Å². The van der Waals surface area contributed by atoms with Crippen LogP contribution < -0.4 is 5.32 Å². The second-order valence-corrected chi connectivity index (χ2v) is 9.85. The molecule has 5 atom stereocenters. The molecular formula is C27H49NO10. The molecule has 0 unspecified atom stereocenters. The summed E-state index contributed by atoms with van der Waals surface area (Å²) < 4.78 is 21.1. The number of rotatable bonds is 19. The molecule has 4 N–H and O–H groups in total. The highest BCUT2D eigenvalue weighted by Crippen LogP contribution is 2.43. The molecule has 1 amide bonds. The fourth-order valence-electron chi connectivity index (χ4n) is 5.00. The Balaban J connectivity index is 2.94. The number of esters is 2. The largest absolute Gasteiger partial charge is 0.469 e. The standard InChI is InChI=1S/C27H49NO10/c1-5-7-8-9-10-11-12-13-14-15-16-17-21(30)28-27(25(34)36-4)24(33)23(32)20(19-29)38-26(27,37-6-2)18-22(31)35-3/h20,23-24,29,32-33H,5-19H2,1-4H3,(H,28,30)/t20-,23-,24+,26-,27+/m1/s1.